The molecule has 1 saturated heterocycles. The van der Waals surface area contributed by atoms with Crippen molar-refractivity contribution in [1.82, 2.24) is 4.90 Å². The van der Waals surface area contributed by atoms with E-state index in [4.69, 9.17) is 5.73 Å². The molecule has 2 rings (SSSR count). The lowest BCUT2D eigenvalue weighted by Gasteiger charge is -2.26. The summed E-state index contributed by atoms with van der Waals surface area (Å²) >= 11 is 0. The van der Waals surface area contributed by atoms with Gasteiger partial charge in [-0.15, -0.1) is 0 Å². The molecule has 0 spiro atoms. The Balaban J connectivity index is 2.10. The van der Waals surface area contributed by atoms with Crippen LogP contribution in [0.1, 0.15) is 24.4 Å². The lowest BCUT2D eigenvalue weighted by atomic mass is 10.1. The van der Waals surface area contributed by atoms with Crippen LogP contribution >= 0.6 is 0 Å². The Hall–Kier alpha value is -1.39. The zero-order chi connectivity index (χ0) is 12.3. The van der Waals surface area contributed by atoms with Gasteiger partial charge in [0.15, 0.2) is 0 Å². The third-order valence-corrected chi connectivity index (χ3v) is 3.30. The number of likely N-dealkylation sites (tertiary alicyclic amines) is 1. The summed E-state index contributed by atoms with van der Waals surface area (Å²) < 4.78 is 0. The third-order valence-electron chi connectivity index (χ3n) is 3.30. The van der Waals surface area contributed by atoms with E-state index in [0.717, 1.165) is 18.4 Å². The number of carbonyl (C=O) groups is 1. The van der Waals surface area contributed by atoms with E-state index >= 15 is 0 Å². The van der Waals surface area contributed by atoms with Crippen molar-refractivity contribution < 1.29 is 9.90 Å². The maximum absolute atomic E-state index is 12.2. The average molecular weight is 234 g/mol. The van der Waals surface area contributed by atoms with Gasteiger partial charge in [0.2, 0.25) is 5.91 Å². The minimum atomic E-state index is -0.622. The second kappa shape index (κ2) is 5.29. The molecule has 0 saturated carbocycles. The van der Waals surface area contributed by atoms with Crippen LogP contribution in [0.25, 0.3) is 0 Å². The first-order chi connectivity index (χ1) is 8.24. The predicted octanol–water partition coefficient (Wildman–Crippen LogP) is 0.670. The quantitative estimate of drug-likeness (QED) is 0.807. The molecule has 0 aliphatic carbocycles. The normalized spacial score (nSPS) is 21.5. The molecule has 0 radical (unpaired) electrons. The van der Waals surface area contributed by atoms with Gasteiger partial charge in [-0.25, -0.2) is 0 Å². The number of hydrogen-bond acceptors (Lipinski definition) is 3. The Morgan fingerprint density at radius 1 is 1.47 bits per heavy atom. The summed E-state index contributed by atoms with van der Waals surface area (Å²) in [5, 5.41) is 9.20. The molecule has 1 fully saturated rings. The molecule has 1 aromatic carbocycles. The van der Waals surface area contributed by atoms with Gasteiger partial charge in [0.1, 0.15) is 6.04 Å². The minimum Gasteiger partial charge on any atom is -0.394 e. The first kappa shape index (κ1) is 12.1. The van der Waals surface area contributed by atoms with Crippen LogP contribution in [0.4, 0.5) is 0 Å². The smallest absolute Gasteiger partial charge is 0.244 e. The minimum absolute atomic E-state index is 0.0211. The van der Waals surface area contributed by atoms with E-state index in [0.29, 0.717) is 6.54 Å². The lowest BCUT2D eigenvalue weighted by Crippen LogP contribution is -2.42. The van der Waals surface area contributed by atoms with Crippen LogP contribution in [0.15, 0.2) is 30.3 Å². The molecule has 17 heavy (non-hydrogen) atoms. The van der Waals surface area contributed by atoms with Gasteiger partial charge in [0.25, 0.3) is 0 Å². The van der Waals surface area contributed by atoms with E-state index in [9.17, 15) is 9.90 Å². The number of nitrogens with zero attached hydrogens (tertiary/aromatic N) is 1. The van der Waals surface area contributed by atoms with E-state index < -0.39 is 6.04 Å². The molecule has 4 heteroatoms. The largest absolute Gasteiger partial charge is 0.394 e. The van der Waals surface area contributed by atoms with Crippen molar-refractivity contribution in [3.63, 3.8) is 0 Å². The SMILES string of the molecule is NC(C(=O)N1CCC[C@H]1CO)c1ccccc1. The Morgan fingerprint density at radius 2 is 2.18 bits per heavy atom. The molecule has 1 aromatic rings. The van der Waals surface area contributed by atoms with Gasteiger partial charge in [-0.2, -0.15) is 0 Å². The number of hydrogen-bond donors (Lipinski definition) is 2. The van der Waals surface area contributed by atoms with Crippen LogP contribution < -0.4 is 5.73 Å². The van der Waals surface area contributed by atoms with Crippen molar-refractivity contribution >= 4 is 5.91 Å². The number of aliphatic hydroxyl groups is 1. The Morgan fingerprint density at radius 3 is 2.82 bits per heavy atom. The van der Waals surface area contributed by atoms with Crippen molar-refractivity contribution in [3.8, 4) is 0 Å². The van der Waals surface area contributed by atoms with Crippen LogP contribution in [-0.4, -0.2) is 35.1 Å². The average Bonchev–Trinajstić information content (AvgIpc) is 2.86. The standard InChI is InChI=1S/C13H18N2O2/c14-12(10-5-2-1-3-6-10)13(17)15-8-4-7-11(15)9-16/h1-3,5-6,11-12,16H,4,7-9,14H2/t11-,12?/m0/s1. The van der Waals surface area contributed by atoms with Crippen LogP contribution in [0, 0.1) is 0 Å². The Bertz CT molecular complexity index is 380. The molecule has 1 heterocycles. The topological polar surface area (TPSA) is 66.6 Å². The van der Waals surface area contributed by atoms with Crippen LogP contribution in [-0.2, 0) is 4.79 Å². The third kappa shape index (κ3) is 2.48. The zero-order valence-corrected chi connectivity index (χ0v) is 9.75. The van der Waals surface area contributed by atoms with E-state index in [1.165, 1.54) is 0 Å². The molecule has 1 aliphatic rings. The van der Waals surface area contributed by atoms with Crippen LogP contribution in [0.3, 0.4) is 0 Å². The second-order valence-electron chi connectivity index (χ2n) is 4.40. The molecule has 4 nitrogen and oxygen atoms in total. The van der Waals surface area contributed by atoms with Crippen molar-refractivity contribution in [2.75, 3.05) is 13.2 Å². The first-order valence-corrected chi connectivity index (χ1v) is 5.96. The summed E-state index contributed by atoms with van der Waals surface area (Å²) in [4.78, 5) is 13.9. The van der Waals surface area contributed by atoms with Crippen molar-refractivity contribution in [3.05, 3.63) is 35.9 Å². The summed E-state index contributed by atoms with van der Waals surface area (Å²) in [6, 6.07) is 8.67. The molecule has 0 aromatic heterocycles. The van der Waals surface area contributed by atoms with E-state index in [2.05, 4.69) is 0 Å². The maximum atomic E-state index is 12.2. The van der Waals surface area contributed by atoms with E-state index in [1.807, 2.05) is 30.3 Å². The van der Waals surface area contributed by atoms with Gasteiger partial charge >= 0.3 is 0 Å². The second-order valence-corrected chi connectivity index (χ2v) is 4.40. The van der Waals surface area contributed by atoms with Gasteiger partial charge in [0, 0.05) is 6.54 Å². The Kier molecular flexibility index (Phi) is 3.76. The summed E-state index contributed by atoms with van der Waals surface area (Å²) in [7, 11) is 0. The highest BCUT2D eigenvalue weighted by Gasteiger charge is 2.31. The number of amides is 1. The molecule has 3 N–H and O–H groups in total. The van der Waals surface area contributed by atoms with Gasteiger partial charge in [-0.3, -0.25) is 4.79 Å². The molecule has 1 aliphatic heterocycles. The molecule has 0 bridgehead atoms. The van der Waals surface area contributed by atoms with E-state index in [-0.39, 0.29) is 18.6 Å². The molecular formula is C13H18N2O2. The summed E-state index contributed by atoms with van der Waals surface area (Å²) in [6.07, 6.45) is 1.81. The number of nitrogens with two attached hydrogens (primary N) is 1. The van der Waals surface area contributed by atoms with Crippen molar-refractivity contribution in [2.24, 2.45) is 5.73 Å². The number of benzene rings is 1. The van der Waals surface area contributed by atoms with E-state index in [1.54, 1.807) is 4.90 Å². The summed E-state index contributed by atoms with van der Waals surface area (Å²) in [5.41, 5.74) is 6.78. The molecule has 1 amide bonds. The van der Waals surface area contributed by atoms with Crippen molar-refractivity contribution in [2.45, 2.75) is 24.9 Å². The zero-order valence-electron chi connectivity index (χ0n) is 9.75. The monoisotopic (exact) mass is 234 g/mol. The van der Waals surface area contributed by atoms with Gasteiger partial charge in [-0.1, -0.05) is 30.3 Å². The molecule has 92 valence electrons. The van der Waals surface area contributed by atoms with Crippen LogP contribution in [0.5, 0.6) is 0 Å². The fourth-order valence-corrected chi connectivity index (χ4v) is 2.30. The summed E-state index contributed by atoms with van der Waals surface area (Å²) in [5.74, 6) is -0.0900. The maximum Gasteiger partial charge on any atom is 0.244 e. The number of rotatable bonds is 3. The van der Waals surface area contributed by atoms with Gasteiger partial charge in [0.05, 0.1) is 12.6 Å². The highest BCUT2D eigenvalue weighted by atomic mass is 16.3. The molecule has 2 atom stereocenters. The molecular weight excluding hydrogens is 216 g/mol. The predicted molar refractivity (Wildman–Crippen MR) is 65.2 cm³/mol. The number of aliphatic hydroxyl groups excluding tert-OH is 1. The molecule has 1 unspecified atom stereocenters. The Labute approximate surface area is 101 Å². The fourth-order valence-electron chi connectivity index (χ4n) is 2.30. The highest BCUT2D eigenvalue weighted by Crippen LogP contribution is 2.21. The van der Waals surface area contributed by atoms with Gasteiger partial charge in [-0.05, 0) is 18.4 Å². The van der Waals surface area contributed by atoms with Crippen molar-refractivity contribution in [1.29, 1.82) is 0 Å². The number of carbonyl (C=O) groups excluding carboxylic acids is 1. The van der Waals surface area contributed by atoms with Gasteiger partial charge < -0.3 is 15.7 Å². The fraction of sp³-hybridized carbons (Fsp3) is 0.462. The van der Waals surface area contributed by atoms with Crippen LogP contribution in [0.2, 0.25) is 0 Å². The first-order valence-electron chi connectivity index (χ1n) is 5.96. The highest BCUT2D eigenvalue weighted by molar-refractivity contribution is 5.83. The lowest BCUT2D eigenvalue weighted by molar-refractivity contribution is -0.134. The summed E-state index contributed by atoms with van der Waals surface area (Å²) in [6.45, 7) is 0.720.